The van der Waals surface area contributed by atoms with Crippen LogP contribution < -0.4 is 0 Å². The number of aliphatic hydroxyl groups is 1. The van der Waals surface area contributed by atoms with Gasteiger partial charge in [0.2, 0.25) is 11.8 Å². The minimum absolute atomic E-state index is 0.184. The first-order valence-corrected chi connectivity index (χ1v) is 14.4. The minimum Gasteiger partial charge on any atom is -0.466 e. The van der Waals surface area contributed by atoms with Gasteiger partial charge in [0, 0.05) is 32.7 Å². The molecule has 2 bridgehead atoms. The van der Waals surface area contributed by atoms with E-state index in [0.29, 0.717) is 51.3 Å². The van der Waals surface area contributed by atoms with Crippen molar-refractivity contribution in [3.05, 3.63) is 48.6 Å². The molecule has 1 spiro atoms. The predicted molar refractivity (Wildman–Crippen MR) is 146 cm³/mol. The molecule has 4 saturated heterocycles. The van der Waals surface area contributed by atoms with Crippen molar-refractivity contribution in [1.82, 2.24) is 14.7 Å². The van der Waals surface area contributed by atoms with Gasteiger partial charge < -0.3 is 29.1 Å². The van der Waals surface area contributed by atoms with Crippen LogP contribution >= 0.6 is 0 Å². The Kier molecular flexibility index (Phi) is 8.33. The summed E-state index contributed by atoms with van der Waals surface area (Å²) < 4.78 is 17.6. The Hall–Kier alpha value is -2.79. The van der Waals surface area contributed by atoms with E-state index in [1.165, 1.54) is 4.90 Å². The SMILES string of the molecule is C=CCN(CCN1CCOCC1)C(=O)C1N([C@H](CO)c2ccccc2)C(=O)[C@@H]2[C@@H](C(=O)OCC)[C@@]3(C)CCC12O3. The third kappa shape index (κ3) is 4.74. The Morgan fingerprint density at radius 1 is 1.25 bits per heavy atom. The van der Waals surface area contributed by atoms with Gasteiger partial charge in [0.1, 0.15) is 17.6 Å². The van der Waals surface area contributed by atoms with Gasteiger partial charge in [-0.15, -0.1) is 6.58 Å². The van der Waals surface area contributed by atoms with Crippen LogP contribution in [0.4, 0.5) is 0 Å². The number of ether oxygens (including phenoxy) is 3. The zero-order chi connectivity index (χ0) is 28.5. The number of hydrogen-bond acceptors (Lipinski definition) is 8. The van der Waals surface area contributed by atoms with Crippen molar-refractivity contribution < 1.29 is 33.7 Å². The largest absolute Gasteiger partial charge is 0.466 e. The molecule has 10 heteroatoms. The lowest BCUT2D eigenvalue weighted by atomic mass is 9.66. The second-order valence-electron chi connectivity index (χ2n) is 11.4. The summed E-state index contributed by atoms with van der Waals surface area (Å²) in [7, 11) is 0. The number of carbonyl (C=O) groups is 3. The lowest BCUT2D eigenvalue weighted by Crippen LogP contribution is -2.58. The van der Waals surface area contributed by atoms with E-state index in [1.54, 1.807) is 17.9 Å². The van der Waals surface area contributed by atoms with E-state index in [1.807, 2.05) is 37.3 Å². The highest BCUT2D eigenvalue weighted by Gasteiger charge is 2.79. The number of aliphatic hydroxyl groups excluding tert-OH is 1. The average Bonchev–Trinajstić information content (AvgIpc) is 3.53. The summed E-state index contributed by atoms with van der Waals surface area (Å²) in [5, 5.41) is 10.6. The van der Waals surface area contributed by atoms with Gasteiger partial charge in [-0.1, -0.05) is 36.4 Å². The molecule has 4 aliphatic heterocycles. The maximum absolute atomic E-state index is 14.6. The number of rotatable bonds is 11. The molecular formula is C30H41N3O7. The lowest BCUT2D eigenvalue weighted by Gasteiger charge is -2.40. The van der Waals surface area contributed by atoms with Gasteiger partial charge in [0.15, 0.2) is 0 Å². The zero-order valence-corrected chi connectivity index (χ0v) is 23.5. The Morgan fingerprint density at radius 3 is 2.62 bits per heavy atom. The summed E-state index contributed by atoms with van der Waals surface area (Å²) in [6.07, 6.45) is 2.67. The molecule has 218 valence electrons. The fourth-order valence-corrected chi connectivity index (χ4v) is 7.31. The van der Waals surface area contributed by atoms with E-state index in [4.69, 9.17) is 14.2 Å². The van der Waals surface area contributed by atoms with Crippen LogP contribution in [0.3, 0.4) is 0 Å². The summed E-state index contributed by atoms with van der Waals surface area (Å²) in [5.74, 6) is -2.79. The second kappa shape index (κ2) is 11.6. The molecule has 5 rings (SSSR count). The molecule has 2 amide bonds. The first-order chi connectivity index (χ1) is 19.3. The molecule has 40 heavy (non-hydrogen) atoms. The summed E-state index contributed by atoms with van der Waals surface area (Å²) >= 11 is 0. The van der Waals surface area contributed by atoms with Gasteiger partial charge in [-0.05, 0) is 32.3 Å². The highest BCUT2D eigenvalue weighted by atomic mass is 16.6. The Morgan fingerprint density at radius 2 is 1.98 bits per heavy atom. The van der Waals surface area contributed by atoms with Crippen molar-refractivity contribution >= 4 is 17.8 Å². The molecule has 2 unspecified atom stereocenters. The highest BCUT2D eigenvalue weighted by molar-refractivity contribution is 5.98. The van der Waals surface area contributed by atoms with Gasteiger partial charge in [0.05, 0.1) is 44.0 Å². The maximum Gasteiger partial charge on any atom is 0.312 e. The number of amides is 2. The lowest BCUT2D eigenvalue weighted by molar-refractivity contribution is -0.161. The average molecular weight is 556 g/mol. The third-order valence-corrected chi connectivity index (χ3v) is 9.13. The number of benzene rings is 1. The smallest absolute Gasteiger partial charge is 0.312 e. The minimum atomic E-state index is -1.19. The Balaban J connectivity index is 1.55. The van der Waals surface area contributed by atoms with Crippen LogP contribution in [0.1, 0.15) is 38.3 Å². The molecule has 1 aromatic rings. The van der Waals surface area contributed by atoms with Crippen LogP contribution in [0, 0.1) is 11.8 Å². The van der Waals surface area contributed by atoms with Crippen molar-refractivity contribution in [3.8, 4) is 0 Å². The Bertz CT molecular complexity index is 1110. The number of nitrogens with zero attached hydrogens (tertiary/aromatic N) is 3. The van der Waals surface area contributed by atoms with Crippen LogP contribution in [0.25, 0.3) is 0 Å². The van der Waals surface area contributed by atoms with Crippen LogP contribution in [-0.4, -0.2) is 114 Å². The molecule has 4 fully saturated rings. The van der Waals surface area contributed by atoms with Gasteiger partial charge in [-0.3, -0.25) is 19.3 Å². The Labute approximate surface area is 235 Å². The molecule has 0 aliphatic carbocycles. The summed E-state index contributed by atoms with van der Waals surface area (Å²) in [6, 6.07) is 7.43. The van der Waals surface area contributed by atoms with E-state index in [0.717, 1.165) is 13.1 Å². The molecule has 4 heterocycles. The fourth-order valence-electron chi connectivity index (χ4n) is 7.31. The van der Waals surface area contributed by atoms with Crippen molar-refractivity contribution in [1.29, 1.82) is 0 Å². The maximum atomic E-state index is 14.6. The fraction of sp³-hybridized carbons (Fsp3) is 0.633. The van der Waals surface area contributed by atoms with Gasteiger partial charge in [-0.25, -0.2) is 0 Å². The van der Waals surface area contributed by atoms with E-state index >= 15 is 0 Å². The molecule has 6 atom stereocenters. The van der Waals surface area contributed by atoms with Crippen LogP contribution in [0.5, 0.6) is 0 Å². The summed E-state index contributed by atoms with van der Waals surface area (Å²) in [6.45, 7) is 11.6. The standard InChI is InChI=1S/C30H41N3O7/c1-4-13-32(15-14-31-16-18-38-19-17-31)27(36)25-30-12-11-29(3,40-30)24(28(37)39-5-2)23(30)26(35)33(25)22(20-34)21-9-7-6-8-10-21/h4,6-10,22-25,34H,1,5,11-20H2,2-3H3/t22-,23+,24+,25?,29-,30?/m1/s1. The van der Waals surface area contributed by atoms with Gasteiger partial charge in [0.25, 0.3) is 0 Å². The normalized spacial score (nSPS) is 32.1. The number of likely N-dealkylation sites (tertiary alicyclic amines) is 1. The topological polar surface area (TPSA) is 109 Å². The number of fused-ring (bicyclic) bond motifs is 1. The molecule has 0 aromatic heterocycles. The number of morpholine rings is 1. The third-order valence-electron chi connectivity index (χ3n) is 9.13. The van der Waals surface area contributed by atoms with Crippen molar-refractivity contribution in [2.45, 2.75) is 50.0 Å². The highest BCUT2D eigenvalue weighted by Crippen LogP contribution is 2.64. The molecule has 0 radical (unpaired) electrons. The van der Waals surface area contributed by atoms with E-state index in [2.05, 4.69) is 11.5 Å². The molecule has 1 aromatic carbocycles. The first kappa shape index (κ1) is 28.7. The molecule has 1 N–H and O–H groups in total. The van der Waals surface area contributed by atoms with Gasteiger partial charge >= 0.3 is 5.97 Å². The van der Waals surface area contributed by atoms with Crippen LogP contribution in [0.15, 0.2) is 43.0 Å². The quantitative estimate of drug-likeness (QED) is 0.323. The van der Waals surface area contributed by atoms with E-state index in [9.17, 15) is 19.5 Å². The monoisotopic (exact) mass is 555 g/mol. The number of carbonyl (C=O) groups excluding carboxylic acids is 3. The van der Waals surface area contributed by atoms with Crippen molar-refractivity contribution in [3.63, 3.8) is 0 Å². The second-order valence-corrected chi connectivity index (χ2v) is 11.4. The number of esters is 1. The zero-order valence-electron chi connectivity index (χ0n) is 23.5. The van der Waals surface area contributed by atoms with Crippen LogP contribution in [-0.2, 0) is 28.6 Å². The first-order valence-electron chi connectivity index (χ1n) is 14.4. The summed E-state index contributed by atoms with van der Waals surface area (Å²) in [4.78, 5) is 47.8. The van der Waals surface area contributed by atoms with E-state index < -0.39 is 41.1 Å². The number of hydrogen-bond donors (Lipinski definition) is 1. The molecule has 4 aliphatic rings. The van der Waals surface area contributed by atoms with Gasteiger partial charge in [-0.2, -0.15) is 0 Å². The predicted octanol–water partition coefficient (Wildman–Crippen LogP) is 1.39. The van der Waals surface area contributed by atoms with Crippen LogP contribution in [0.2, 0.25) is 0 Å². The van der Waals surface area contributed by atoms with Crippen molar-refractivity contribution in [2.75, 3.05) is 59.2 Å². The molecule has 10 nitrogen and oxygen atoms in total. The molecule has 0 saturated carbocycles. The van der Waals surface area contributed by atoms with Crippen molar-refractivity contribution in [2.24, 2.45) is 11.8 Å². The molecular weight excluding hydrogens is 514 g/mol. The van der Waals surface area contributed by atoms with E-state index in [-0.39, 0.29) is 25.0 Å². The summed E-state index contributed by atoms with van der Waals surface area (Å²) in [5.41, 5.74) is -1.39.